The molecule has 0 rings (SSSR count). The van der Waals surface area contributed by atoms with Crippen molar-refractivity contribution >= 4 is 13.8 Å². The first-order chi connectivity index (χ1) is 14.8. The van der Waals surface area contributed by atoms with Crippen LogP contribution in [0.3, 0.4) is 0 Å². The fourth-order valence-corrected chi connectivity index (χ4v) is 3.75. The number of carbonyl (C=O) groups excluding carboxylic acids is 1. The molecule has 0 spiro atoms. The number of quaternary nitrogens is 1. The normalized spacial score (nSPS) is 16.0. The van der Waals surface area contributed by atoms with Crippen molar-refractivity contribution in [3.8, 4) is 0 Å². The maximum atomic E-state index is 12.1. The van der Waals surface area contributed by atoms with Crippen LogP contribution < -0.4 is 4.89 Å². The van der Waals surface area contributed by atoms with Crippen molar-refractivity contribution in [1.82, 2.24) is 0 Å². The Labute approximate surface area is 195 Å². The largest absolute Gasteiger partial charge is 0.756 e. The molecular weight excluding hydrogens is 433 g/mol. The lowest BCUT2D eigenvalue weighted by Crippen LogP contribution is -2.37. The number of ether oxygens (including phenoxy) is 1. The summed E-state index contributed by atoms with van der Waals surface area (Å²) in [6.07, 6.45) is 9.22. The van der Waals surface area contributed by atoms with E-state index in [0.29, 0.717) is 11.0 Å². The maximum Gasteiger partial charge on any atom is 0.308 e. The Hall–Kier alpha value is -0.500. The van der Waals surface area contributed by atoms with Gasteiger partial charge in [0, 0.05) is 0 Å². The predicted octanol–water partition coefficient (Wildman–Crippen LogP) is 3.90. The molecule has 0 aliphatic rings. The van der Waals surface area contributed by atoms with Crippen molar-refractivity contribution < 1.29 is 37.6 Å². The molecule has 0 saturated heterocycles. The van der Waals surface area contributed by atoms with Gasteiger partial charge in [-0.3, -0.25) is 9.36 Å². The zero-order valence-corrected chi connectivity index (χ0v) is 22.1. The molecule has 9 heteroatoms. The molecule has 0 aliphatic carbocycles. The molecule has 0 aliphatic heterocycles. The number of aliphatic hydroxyl groups excluding tert-OH is 1. The molecule has 0 bridgehead atoms. The number of phosphoric acid groups is 1. The van der Waals surface area contributed by atoms with Crippen LogP contribution in [0.5, 0.6) is 0 Å². The van der Waals surface area contributed by atoms with Crippen LogP contribution >= 0.6 is 7.82 Å². The quantitative estimate of drug-likeness (QED) is 0.122. The highest BCUT2D eigenvalue weighted by atomic mass is 31.2. The van der Waals surface area contributed by atoms with Crippen LogP contribution in [0.25, 0.3) is 0 Å². The van der Waals surface area contributed by atoms with Gasteiger partial charge in [-0.2, -0.15) is 0 Å². The van der Waals surface area contributed by atoms with Crippen LogP contribution in [0.4, 0.5) is 0 Å². The van der Waals surface area contributed by atoms with Gasteiger partial charge >= 0.3 is 5.97 Å². The van der Waals surface area contributed by atoms with Crippen molar-refractivity contribution in [3.63, 3.8) is 0 Å². The van der Waals surface area contributed by atoms with E-state index < -0.39 is 20.5 Å². The van der Waals surface area contributed by atoms with Crippen LogP contribution in [-0.2, 0) is 23.1 Å². The summed E-state index contributed by atoms with van der Waals surface area (Å²) in [4.78, 5) is 23.8. The number of unbranched alkanes of at least 4 members (excludes halogenated alkanes) is 6. The monoisotopic (exact) mass is 481 g/mol. The summed E-state index contributed by atoms with van der Waals surface area (Å²) >= 11 is 0. The van der Waals surface area contributed by atoms with Crippen LogP contribution in [0, 0.1) is 11.8 Å². The number of rotatable bonds is 20. The topological polar surface area (TPSA) is 105 Å². The van der Waals surface area contributed by atoms with E-state index in [-0.39, 0.29) is 25.1 Å². The van der Waals surface area contributed by atoms with Crippen molar-refractivity contribution in [1.29, 1.82) is 0 Å². The standard InChI is InChI=1S/C23H48NO7P/c1-20(2)14-12-10-8-7-9-11-13-15-21(3)23(26)29-18-22(25)19-31-32(27,28)30-17-16-24(4,5)6/h20-22,25H,7-19H2,1-6H3/t21-,22-/m1/s1. The molecule has 0 radical (unpaired) electrons. The van der Waals surface area contributed by atoms with Gasteiger partial charge in [-0.1, -0.05) is 72.1 Å². The summed E-state index contributed by atoms with van der Waals surface area (Å²) < 4.78 is 26.8. The lowest BCUT2D eigenvalue weighted by atomic mass is 10.0. The molecule has 0 amide bonds. The molecule has 192 valence electrons. The van der Waals surface area contributed by atoms with E-state index in [1.807, 2.05) is 28.1 Å². The molecule has 0 aromatic carbocycles. The third kappa shape index (κ3) is 20.1. The van der Waals surface area contributed by atoms with Crippen molar-refractivity contribution in [2.45, 2.75) is 84.7 Å². The lowest BCUT2D eigenvalue weighted by Gasteiger charge is -2.27. The average molecular weight is 482 g/mol. The Bertz CT molecular complexity index is 537. The van der Waals surface area contributed by atoms with Gasteiger partial charge in [-0.05, 0) is 12.3 Å². The Morgan fingerprint density at radius 1 is 0.906 bits per heavy atom. The summed E-state index contributed by atoms with van der Waals surface area (Å²) in [7, 11) is 1.24. The Morgan fingerprint density at radius 2 is 1.44 bits per heavy atom. The minimum Gasteiger partial charge on any atom is -0.756 e. The van der Waals surface area contributed by atoms with E-state index in [2.05, 4.69) is 18.4 Å². The molecule has 0 aromatic heterocycles. The first kappa shape index (κ1) is 31.5. The molecule has 0 saturated carbocycles. The van der Waals surface area contributed by atoms with Crippen molar-refractivity contribution in [2.75, 3.05) is 47.5 Å². The summed E-state index contributed by atoms with van der Waals surface area (Å²) in [5.41, 5.74) is 0. The highest BCUT2D eigenvalue weighted by molar-refractivity contribution is 7.45. The molecule has 0 fully saturated rings. The Morgan fingerprint density at radius 3 is 1.97 bits per heavy atom. The minimum absolute atomic E-state index is 0.00892. The fourth-order valence-electron chi connectivity index (χ4n) is 3.01. The van der Waals surface area contributed by atoms with Crippen molar-refractivity contribution in [3.05, 3.63) is 0 Å². The van der Waals surface area contributed by atoms with Gasteiger partial charge in [-0.25, -0.2) is 0 Å². The lowest BCUT2D eigenvalue weighted by molar-refractivity contribution is -0.870. The van der Waals surface area contributed by atoms with Gasteiger partial charge in [0.2, 0.25) is 0 Å². The number of carbonyl (C=O) groups is 1. The maximum absolute atomic E-state index is 12.1. The summed E-state index contributed by atoms with van der Waals surface area (Å²) in [6.45, 7) is 6.00. The third-order valence-electron chi connectivity index (χ3n) is 5.18. The fraction of sp³-hybridized carbons (Fsp3) is 0.957. The second-order valence-electron chi connectivity index (χ2n) is 10.2. The van der Waals surface area contributed by atoms with Gasteiger partial charge < -0.3 is 28.3 Å². The van der Waals surface area contributed by atoms with E-state index in [1.165, 1.54) is 38.5 Å². The van der Waals surface area contributed by atoms with E-state index >= 15 is 0 Å². The van der Waals surface area contributed by atoms with Crippen molar-refractivity contribution in [2.24, 2.45) is 11.8 Å². The minimum atomic E-state index is -4.49. The van der Waals surface area contributed by atoms with E-state index in [9.17, 15) is 19.4 Å². The molecule has 3 atom stereocenters. The molecule has 8 nitrogen and oxygen atoms in total. The van der Waals surface area contributed by atoms with Gasteiger partial charge in [0.1, 0.15) is 25.9 Å². The number of likely N-dealkylation sites (N-methyl/N-ethyl adjacent to an activating group) is 1. The Kier molecular flexibility index (Phi) is 16.7. The second-order valence-corrected chi connectivity index (χ2v) is 11.6. The number of hydrogen-bond acceptors (Lipinski definition) is 7. The second kappa shape index (κ2) is 17.0. The third-order valence-corrected chi connectivity index (χ3v) is 6.14. The molecule has 32 heavy (non-hydrogen) atoms. The van der Waals surface area contributed by atoms with Gasteiger partial charge in [0.15, 0.2) is 0 Å². The summed E-state index contributed by atoms with van der Waals surface area (Å²) in [6, 6.07) is 0. The van der Waals surface area contributed by atoms with E-state index in [0.717, 1.165) is 25.2 Å². The number of aliphatic hydroxyl groups is 1. The van der Waals surface area contributed by atoms with E-state index in [4.69, 9.17) is 9.26 Å². The molecule has 1 N–H and O–H groups in total. The molecule has 0 aromatic rings. The SMILES string of the molecule is CC(C)CCCCCCCCC[C@@H](C)C(=O)OC[C@@H](O)COP(=O)([O-])OCC[N+](C)(C)C. The van der Waals surface area contributed by atoms with E-state index in [1.54, 1.807) is 0 Å². The predicted molar refractivity (Wildman–Crippen MR) is 125 cm³/mol. The molecular formula is C23H48NO7P. The first-order valence-corrected chi connectivity index (χ1v) is 13.5. The molecule has 0 heterocycles. The smallest absolute Gasteiger partial charge is 0.308 e. The van der Waals surface area contributed by atoms with Crippen LogP contribution in [0.1, 0.15) is 78.6 Å². The molecule has 1 unspecified atom stereocenters. The van der Waals surface area contributed by atoms with Gasteiger partial charge in [0.25, 0.3) is 7.82 Å². The number of esters is 1. The van der Waals surface area contributed by atoms with Crippen LogP contribution in [0.2, 0.25) is 0 Å². The zero-order chi connectivity index (χ0) is 24.6. The van der Waals surface area contributed by atoms with Crippen LogP contribution in [-0.4, -0.2) is 69.2 Å². The van der Waals surface area contributed by atoms with Gasteiger partial charge in [-0.15, -0.1) is 0 Å². The summed E-state index contributed by atoms with van der Waals surface area (Å²) in [5.74, 6) is 0.149. The number of hydrogen-bond donors (Lipinski definition) is 1. The summed E-state index contributed by atoms with van der Waals surface area (Å²) in [5, 5.41) is 9.84. The Balaban J connectivity index is 3.82. The first-order valence-electron chi connectivity index (χ1n) is 12.1. The zero-order valence-electron chi connectivity index (χ0n) is 21.2. The number of nitrogens with zero attached hydrogens (tertiary/aromatic N) is 1. The highest BCUT2D eigenvalue weighted by Gasteiger charge is 2.19. The number of phosphoric ester groups is 1. The van der Waals surface area contributed by atoms with Gasteiger partial charge in [0.05, 0.1) is 33.7 Å². The highest BCUT2D eigenvalue weighted by Crippen LogP contribution is 2.38. The van der Waals surface area contributed by atoms with Crippen LogP contribution in [0.15, 0.2) is 0 Å². The average Bonchev–Trinajstić information content (AvgIpc) is 2.67.